The SMILES string of the molecule is O=C(NC1CCN(c2ncc(C(F)(F)F)cc2Cl)CC1)c1ccncc1. The highest BCUT2D eigenvalue weighted by atomic mass is 35.5. The van der Waals surface area contributed by atoms with Crippen molar-refractivity contribution < 1.29 is 18.0 Å². The number of hydrogen-bond acceptors (Lipinski definition) is 4. The molecule has 138 valence electrons. The molecule has 2 aromatic rings. The van der Waals surface area contributed by atoms with E-state index < -0.39 is 11.7 Å². The van der Waals surface area contributed by atoms with Gasteiger partial charge in [0.05, 0.1) is 10.6 Å². The highest BCUT2D eigenvalue weighted by molar-refractivity contribution is 6.33. The predicted molar refractivity (Wildman–Crippen MR) is 91.2 cm³/mol. The zero-order valence-corrected chi connectivity index (χ0v) is 14.4. The Morgan fingerprint density at radius 2 is 1.88 bits per heavy atom. The first-order chi connectivity index (χ1) is 12.3. The van der Waals surface area contributed by atoms with Crippen molar-refractivity contribution in [2.24, 2.45) is 0 Å². The predicted octanol–water partition coefficient (Wildman–Crippen LogP) is 3.55. The van der Waals surface area contributed by atoms with E-state index >= 15 is 0 Å². The molecule has 2 aromatic heterocycles. The Morgan fingerprint density at radius 1 is 1.23 bits per heavy atom. The van der Waals surface area contributed by atoms with E-state index in [4.69, 9.17) is 11.6 Å². The molecule has 0 saturated carbocycles. The molecule has 0 aliphatic carbocycles. The number of nitrogens with one attached hydrogen (secondary N) is 1. The second kappa shape index (κ2) is 7.49. The fourth-order valence-electron chi connectivity index (χ4n) is 2.83. The van der Waals surface area contributed by atoms with Crippen molar-refractivity contribution in [1.82, 2.24) is 15.3 Å². The van der Waals surface area contributed by atoms with E-state index in [0.717, 1.165) is 12.3 Å². The molecule has 5 nitrogen and oxygen atoms in total. The second-order valence-corrected chi connectivity index (χ2v) is 6.41. The monoisotopic (exact) mass is 384 g/mol. The lowest BCUT2D eigenvalue weighted by atomic mass is 10.0. The topological polar surface area (TPSA) is 58.1 Å². The van der Waals surface area contributed by atoms with Crippen molar-refractivity contribution in [2.45, 2.75) is 25.1 Å². The summed E-state index contributed by atoms with van der Waals surface area (Å²) in [6.45, 7) is 1.08. The van der Waals surface area contributed by atoms with Gasteiger partial charge in [0.1, 0.15) is 5.82 Å². The first kappa shape index (κ1) is 18.4. The average molecular weight is 385 g/mol. The van der Waals surface area contributed by atoms with Crippen LogP contribution in [-0.2, 0) is 6.18 Å². The molecule has 1 saturated heterocycles. The van der Waals surface area contributed by atoms with Gasteiger partial charge in [0, 0.05) is 43.3 Å². The fourth-order valence-corrected chi connectivity index (χ4v) is 3.11. The Labute approximate surface area is 153 Å². The third-order valence-electron chi connectivity index (χ3n) is 4.22. The molecular formula is C17H16ClF3N4O. The number of anilines is 1. The van der Waals surface area contributed by atoms with Crippen LogP contribution in [0.25, 0.3) is 0 Å². The zero-order valence-electron chi connectivity index (χ0n) is 13.6. The molecule has 0 spiro atoms. The van der Waals surface area contributed by atoms with Gasteiger partial charge in [-0.3, -0.25) is 9.78 Å². The van der Waals surface area contributed by atoms with Crippen molar-refractivity contribution in [2.75, 3.05) is 18.0 Å². The number of carbonyl (C=O) groups is 1. The van der Waals surface area contributed by atoms with E-state index in [0.29, 0.717) is 37.3 Å². The van der Waals surface area contributed by atoms with Gasteiger partial charge in [-0.25, -0.2) is 4.98 Å². The normalized spacial score (nSPS) is 15.8. The lowest BCUT2D eigenvalue weighted by molar-refractivity contribution is -0.137. The van der Waals surface area contributed by atoms with Gasteiger partial charge in [-0.1, -0.05) is 11.6 Å². The summed E-state index contributed by atoms with van der Waals surface area (Å²) in [4.78, 5) is 21.7. The molecule has 1 aliphatic rings. The van der Waals surface area contributed by atoms with E-state index in [1.165, 1.54) is 0 Å². The van der Waals surface area contributed by atoms with Crippen molar-refractivity contribution in [1.29, 1.82) is 0 Å². The number of pyridine rings is 2. The van der Waals surface area contributed by atoms with Gasteiger partial charge < -0.3 is 10.2 Å². The number of aromatic nitrogens is 2. The van der Waals surface area contributed by atoms with Gasteiger partial charge in [-0.05, 0) is 31.0 Å². The average Bonchev–Trinajstić information content (AvgIpc) is 2.62. The number of carbonyl (C=O) groups excluding carboxylic acids is 1. The Balaban J connectivity index is 1.59. The van der Waals surface area contributed by atoms with Crippen LogP contribution in [0.3, 0.4) is 0 Å². The number of rotatable bonds is 3. The van der Waals surface area contributed by atoms with Gasteiger partial charge in [0.15, 0.2) is 0 Å². The molecule has 9 heteroatoms. The van der Waals surface area contributed by atoms with Crippen molar-refractivity contribution in [3.05, 3.63) is 52.9 Å². The first-order valence-electron chi connectivity index (χ1n) is 8.03. The number of alkyl halides is 3. The Morgan fingerprint density at radius 3 is 2.46 bits per heavy atom. The minimum absolute atomic E-state index is 0.0138. The summed E-state index contributed by atoms with van der Waals surface area (Å²) < 4.78 is 38.1. The van der Waals surface area contributed by atoms with E-state index in [9.17, 15) is 18.0 Å². The standard InChI is InChI=1S/C17H16ClF3N4O/c18-14-9-12(17(19,20)21)10-23-15(14)25-7-3-13(4-8-25)24-16(26)11-1-5-22-6-2-11/h1-2,5-6,9-10,13H,3-4,7-8H2,(H,24,26). The molecule has 0 atom stereocenters. The summed E-state index contributed by atoms with van der Waals surface area (Å²) in [5.74, 6) is 0.162. The summed E-state index contributed by atoms with van der Waals surface area (Å²) in [6.07, 6.45) is 0.717. The molecule has 3 rings (SSSR count). The third-order valence-corrected chi connectivity index (χ3v) is 4.50. The van der Waals surface area contributed by atoms with Crippen LogP contribution in [-0.4, -0.2) is 35.0 Å². The second-order valence-electron chi connectivity index (χ2n) is 6.00. The molecule has 0 bridgehead atoms. The molecule has 1 fully saturated rings. The van der Waals surface area contributed by atoms with Crippen molar-refractivity contribution >= 4 is 23.3 Å². The zero-order chi connectivity index (χ0) is 18.7. The van der Waals surface area contributed by atoms with Crippen LogP contribution in [0.15, 0.2) is 36.8 Å². The third kappa shape index (κ3) is 4.24. The lowest BCUT2D eigenvalue weighted by Crippen LogP contribution is -2.45. The largest absolute Gasteiger partial charge is 0.417 e. The Bertz CT molecular complexity index is 777. The van der Waals surface area contributed by atoms with E-state index in [2.05, 4.69) is 15.3 Å². The molecular weight excluding hydrogens is 369 g/mol. The van der Waals surface area contributed by atoms with E-state index in [1.807, 2.05) is 4.90 Å². The minimum atomic E-state index is -4.47. The van der Waals surface area contributed by atoms with E-state index in [1.54, 1.807) is 24.5 Å². The van der Waals surface area contributed by atoms with Gasteiger partial charge in [0.25, 0.3) is 5.91 Å². The minimum Gasteiger partial charge on any atom is -0.355 e. The van der Waals surface area contributed by atoms with Crippen LogP contribution in [0.2, 0.25) is 5.02 Å². The van der Waals surface area contributed by atoms with Gasteiger partial charge in [-0.2, -0.15) is 13.2 Å². The molecule has 1 N–H and O–H groups in total. The van der Waals surface area contributed by atoms with Crippen LogP contribution >= 0.6 is 11.6 Å². The Hall–Kier alpha value is -2.35. The van der Waals surface area contributed by atoms with E-state index in [-0.39, 0.29) is 17.0 Å². The number of amides is 1. The smallest absolute Gasteiger partial charge is 0.355 e. The first-order valence-corrected chi connectivity index (χ1v) is 8.41. The van der Waals surface area contributed by atoms with Crippen molar-refractivity contribution in [3.8, 4) is 0 Å². The molecule has 26 heavy (non-hydrogen) atoms. The molecule has 1 aliphatic heterocycles. The molecule has 3 heterocycles. The van der Waals surface area contributed by atoms with Crippen LogP contribution in [0, 0.1) is 0 Å². The van der Waals surface area contributed by atoms with Crippen LogP contribution in [0.1, 0.15) is 28.8 Å². The maximum atomic E-state index is 12.7. The summed E-state index contributed by atoms with van der Waals surface area (Å²) >= 11 is 5.99. The summed E-state index contributed by atoms with van der Waals surface area (Å²) in [5, 5.41) is 2.93. The highest BCUT2D eigenvalue weighted by Gasteiger charge is 2.32. The summed E-state index contributed by atoms with van der Waals surface area (Å²) in [6, 6.07) is 4.15. The van der Waals surface area contributed by atoms with Crippen LogP contribution in [0.5, 0.6) is 0 Å². The van der Waals surface area contributed by atoms with Gasteiger partial charge in [0.2, 0.25) is 0 Å². The molecule has 0 unspecified atom stereocenters. The number of nitrogens with zero attached hydrogens (tertiary/aromatic N) is 3. The Kier molecular flexibility index (Phi) is 5.31. The van der Waals surface area contributed by atoms with Crippen molar-refractivity contribution in [3.63, 3.8) is 0 Å². The maximum absolute atomic E-state index is 12.7. The number of piperidine rings is 1. The highest BCUT2D eigenvalue weighted by Crippen LogP contribution is 2.34. The number of halogens is 4. The molecule has 1 amide bonds. The number of hydrogen-bond donors (Lipinski definition) is 1. The molecule has 0 radical (unpaired) electrons. The quantitative estimate of drug-likeness (QED) is 0.879. The van der Waals surface area contributed by atoms with Gasteiger partial charge >= 0.3 is 6.18 Å². The summed E-state index contributed by atoms with van der Waals surface area (Å²) in [5.41, 5.74) is -0.333. The van der Waals surface area contributed by atoms with Gasteiger partial charge in [-0.15, -0.1) is 0 Å². The lowest BCUT2D eigenvalue weighted by Gasteiger charge is -2.33. The van der Waals surface area contributed by atoms with Crippen LogP contribution < -0.4 is 10.2 Å². The van der Waals surface area contributed by atoms with Crippen LogP contribution in [0.4, 0.5) is 19.0 Å². The maximum Gasteiger partial charge on any atom is 0.417 e. The molecule has 0 aromatic carbocycles. The summed E-state index contributed by atoms with van der Waals surface area (Å²) in [7, 11) is 0. The fraction of sp³-hybridized carbons (Fsp3) is 0.353.